The van der Waals surface area contributed by atoms with Crippen LogP contribution in [0.4, 0.5) is 5.13 Å². The number of carbonyl (C=O) groups excluding carboxylic acids is 2. The number of thiazole rings is 1. The predicted molar refractivity (Wildman–Crippen MR) is 83.6 cm³/mol. The van der Waals surface area contributed by atoms with Crippen LogP contribution in [0.3, 0.4) is 0 Å². The maximum absolute atomic E-state index is 11.9. The highest BCUT2D eigenvalue weighted by atomic mass is 32.1. The third-order valence-corrected chi connectivity index (χ3v) is 5.30. The van der Waals surface area contributed by atoms with Crippen molar-refractivity contribution in [3.63, 3.8) is 0 Å². The van der Waals surface area contributed by atoms with E-state index < -0.39 is 0 Å². The topological polar surface area (TPSA) is 74.3 Å². The van der Waals surface area contributed by atoms with Crippen molar-refractivity contribution < 1.29 is 9.59 Å². The molecule has 0 atom stereocenters. The van der Waals surface area contributed by atoms with Crippen LogP contribution in [0.5, 0.6) is 0 Å². The van der Waals surface area contributed by atoms with Crippen LogP contribution in [-0.4, -0.2) is 40.8 Å². The monoisotopic (exact) mass is 320 g/mol. The number of aromatic nitrogens is 1. The Kier molecular flexibility index (Phi) is 3.62. The summed E-state index contributed by atoms with van der Waals surface area (Å²) in [6, 6.07) is 0.417. The maximum Gasteiger partial charge on any atom is 0.234 e. The molecule has 0 bridgehead atoms. The molecule has 0 unspecified atom stereocenters. The highest BCUT2D eigenvalue weighted by Crippen LogP contribution is 2.32. The molecule has 2 aliphatic carbocycles. The summed E-state index contributed by atoms with van der Waals surface area (Å²) < 4.78 is 0. The lowest BCUT2D eigenvalue weighted by Gasteiger charge is -2.25. The number of anilines is 1. The van der Waals surface area contributed by atoms with E-state index >= 15 is 0 Å². The van der Waals surface area contributed by atoms with Crippen LogP contribution in [0, 0.1) is 5.92 Å². The van der Waals surface area contributed by atoms with Crippen LogP contribution in [0.1, 0.15) is 36.3 Å². The minimum absolute atomic E-state index is 0.103. The van der Waals surface area contributed by atoms with Crippen molar-refractivity contribution in [3.05, 3.63) is 10.6 Å². The summed E-state index contributed by atoms with van der Waals surface area (Å²) in [4.78, 5) is 31.5. The molecule has 2 saturated carbocycles. The van der Waals surface area contributed by atoms with E-state index in [0.29, 0.717) is 17.7 Å². The predicted octanol–water partition coefficient (Wildman–Crippen LogP) is 1.13. The molecular weight excluding hydrogens is 300 g/mol. The Hall–Kier alpha value is -1.47. The smallest absolute Gasteiger partial charge is 0.234 e. The zero-order valence-corrected chi connectivity index (χ0v) is 13.2. The number of nitrogens with zero attached hydrogens (tertiary/aromatic N) is 2. The SMILES string of the molecule is O=C(CN1CCc2nc(NC(=O)C3CC3)sc2C1)NC1CC1. The van der Waals surface area contributed by atoms with Gasteiger partial charge in [0.15, 0.2) is 5.13 Å². The Morgan fingerprint density at radius 1 is 1.27 bits per heavy atom. The van der Waals surface area contributed by atoms with Crippen molar-refractivity contribution in [2.24, 2.45) is 5.92 Å². The van der Waals surface area contributed by atoms with Gasteiger partial charge in [0, 0.05) is 36.3 Å². The first-order chi connectivity index (χ1) is 10.7. The number of amides is 2. The molecule has 0 radical (unpaired) electrons. The van der Waals surface area contributed by atoms with Gasteiger partial charge in [-0.25, -0.2) is 4.98 Å². The van der Waals surface area contributed by atoms with Gasteiger partial charge in [0.1, 0.15) is 0 Å². The van der Waals surface area contributed by atoms with Crippen molar-refractivity contribution in [2.75, 3.05) is 18.4 Å². The third-order valence-electron chi connectivity index (χ3n) is 4.30. The highest BCUT2D eigenvalue weighted by molar-refractivity contribution is 7.15. The van der Waals surface area contributed by atoms with Gasteiger partial charge in [-0.2, -0.15) is 0 Å². The summed E-state index contributed by atoms with van der Waals surface area (Å²) >= 11 is 1.55. The normalized spacial score (nSPS) is 21.3. The second kappa shape index (κ2) is 5.62. The number of rotatable bonds is 5. The van der Waals surface area contributed by atoms with Gasteiger partial charge in [0.05, 0.1) is 12.2 Å². The number of hydrogen-bond acceptors (Lipinski definition) is 5. The lowest BCUT2D eigenvalue weighted by molar-refractivity contribution is -0.122. The van der Waals surface area contributed by atoms with E-state index in [1.54, 1.807) is 11.3 Å². The number of nitrogens with one attached hydrogen (secondary N) is 2. The van der Waals surface area contributed by atoms with Crippen molar-refractivity contribution >= 4 is 28.3 Å². The molecule has 4 rings (SSSR count). The maximum atomic E-state index is 11.9. The first-order valence-corrected chi connectivity index (χ1v) is 8.80. The van der Waals surface area contributed by atoms with Gasteiger partial charge in [-0.15, -0.1) is 11.3 Å². The lowest BCUT2D eigenvalue weighted by atomic mass is 10.2. The molecular formula is C15H20N4O2S. The van der Waals surface area contributed by atoms with Gasteiger partial charge in [0.2, 0.25) is 11.8 Å². The van der Waals surface area contributed by atoms with Crippen LogP contribution in [0.25, 0.3) is 0 Å². The van der Waals surface area contributed by atoms with Crippen molar-refractivity contribution in [1.82, 2.24) is 15.2 Å². The number of hydrogen-bond donors (Lipinski definition) is 2. The van der Waals surface area contributed by atoms with E-state index in [9.17, 15) is 9.59 Å². The quantitative estimate of drug-likeness (QED) is 0.853. The summed E-state index contributed by atoms with van der Waals surface area (Å²) in [7, 11) is 0. The molecule has 22 heavy (non-hydrogen) atoms. The van der Waals surface area contributed by atoms with Gasteiger partial charge >= 0.3 is 0 Å². The largest absolute Gasteiger partial charge is 0.352 e. The molecule has 2 amide bonds. The van der Waals surface area contributed by atoms with E-state index in [1.807, 2.05) is 0 Å². The van der Waals surface area contributed by atoms with E-state index in [-0.39, 0.29) is 17.7 Å². The Balaban J connectivity index is 1.34. The average molecular weight is 320 g/mol. The molecule has 6 nitrogen and oxygen atoms in total. The van der Waals surface area contributed by atoms with E-state index in [4.69, 9.17) is 0 Å². The van der Waals surface area contributed by atoms with Crippen LogP contribution in [0.2, 0.25) is 0 Å². The number of carbonyl (C=O) groups is 2. The fourth-order valence-corrected chi connectivity index (χ4v) is 3.75. The minimum Gasteiger partial charge on any atom is -0.352 e. The van der Waals surface area contributed by atoms with Gasteiger partial charge in [0.25, 0.3) is 0 Å². The molecule has 3 aliphatic rings. The molecule has 1 aliphatic heterocycles. The standard InChI is InChI=1S/C15H20N4O2S/c20-13(16-10-3-4-10)8-19-6-5-11-12(7-19)22-15(17-11)18-14(21)9-1-2-9/h9-10H,1-8H2,(H,16,20)(H,17,18,21). The average Bonchev–Trinajstić information content (AvgIpc) is 3.37. The molecule has 0 spiro atoms. The molecule has 1 aromatic rings. The molecule has 2 N–H and O–H groups in total. The number of fused-ring (bicyclic) bond motifs is 1. The zero-order chi connectivity index (χ0) is 15.1. The van der Waals surface area contributed by atoms with Gasteiger partial charge in [-0.1, -0.05) is 0 Å². The Morgan fingerprint density at radius 3 is 2.82 bits per heavy atom. The van der Waals surface area contributed by atoms with Crippen molar-refractivity contribution in [2.45, 2.75) is 44.7 Å². The summed E-state index contributed by atoms with van der Waals surface area (Å²) in [5.74, 6) is 0.424. The summed E-state index contributed by atoms with van der Waals surface area (Å²) in [6.07, 6.45) is 5.09. The zero-order valence-electron chi connectivity index (χ0n) is 12.4. The fraction of sp³-hybridized carbons (Fsp3) is 0.667. The molecule has 0 aromatic carbocycles. The third kappa shape index (κ3) is 3.30. The Morgan fingerprint density at radius 2 is 2.09 bits per heavy atom. The summed E-state index contributed by atoms with van der Waals surface area (Å²) in [5.41, 5.74) is 1.08. The Bertz CT molecular complexity index is 607. The van der Waals surface area contributed by atoms with E-state index in [1.165, 1.54) is 4.88 Å². The first-order valence-electron chi connectivity index (χ1n) is 7.98. The van der Waals surface area contributed by atoms with Crippen LogP contribution in [-0.2, 0) is 22.6 Å². The first kappa shape index (κ1) is 14.1. The fourth-order valence-electron chi connectivity index (χ4n) is 2.69. The van der Waals surface area contributed by atoms with Crippen molar-refractivity contribution in [1.29, 1.82) is 0 Å². The molecule has 7 heteroatoms. The van der Waals surface area contributed by atoms with Crippen molar-refractivity contribution in [3.8, 4) is 0 Å². The second-order valence-electron chi connectivity index (χ2n) is 6.45. The van der Waals surface area contributed by atoms with Gasteiger partial charge < -0.3 is 10.6 Å². The lowest BCUT2D eigenvalue weighted by Crippen LogP contribution is -2.40. The van der Waals surface area contributed by atoms with E-state index in [0.717, 1.165) is 50.9 Å². The van der Waals surface area contributed by atoms with E-state index in [2.05, 4.69) is 20.5 Å². The molecule has 1 aromatic heterocycles. The van der Waals surface area contributed by atoms with Crippen LogP contribution in [0.15, 0.2) is 0 Å². The van der Waals surface area contributed by atoms with Crippen LogP contribution >= 0.6 is 11.3 Å². The van der Waals surface area contributed by atoms with Crippen LogP contribution < -0.4 is 10.6 Å². The summed E-state index contributed by atoms with van der Waals surface area (Å²) in [6.45, 7) is 2.06. The minimum atomic E-state index is 0.103. The summed E-state index contributed by atoms with van der Waals surface area (Å²) in [5, 5.41) is 6.66. The highest BCUT2D eigenvalue weighted by Gasteiger charge is 2.31. The molecule has 2 fully saturated rings. The van der Waals surface area contributed by atoms with Gasteiger partial charge in [-0.05, 0) is 25.7 Å². The van der Waals surface area contributed by atoms with Gasteiger partial charge in [-0.3, -0.25) is 14.5 Å². The second-order valence-corrected chi connectivity index (χ2v) is 7.54. The molecule has 2 heterocycles. The molecule has 118 valence electrons. The Labute approximate surface area is 133 Å². The molecule has 0 saturated heterocycles.